The summed E-state index contributed by atoms with van der Waals surface area (Å²) >= 11 is 0. The maximum Gasteiger partial charge on any atom is 0.0710 e. The number of hydrogen-bond acceptors (Lipinski definition) is 2. The molecule has 8 rings (SSSR count). The molecule has 4 heteroatoms. The number of allylic oxidation sites excluding steroid dienone is 1. The monoisotopic (exact) mass is 578 g/mol. The van der Waals surface area contributed by atoms with E-state index < -0.39 is 0 Å². The van der Waals surface area contributed by atoms with E-state index in [2.05, 4.69) is 132 Å². The van der Waals surface area contributed by atoms with Crippen LogP contribution in [0.1, 0.15) is 6.92 Å². The SMILES string of the molecule is C=C/C=c1\c(=C/C)n(-c2cc(-c3ccccn3)c(-c3ccccn3)cc2-n2c3ccccc3c3ccccc32)c2ccccc12. The van der Waals surface area contributed by atoms with Crippen molar-refractivity contribution >= 4 is 44.9 Å². The molecule has 4 heterocycles. The Morgan fingerprint density at radius 2 is 1.02 bits per heavy atom. The molecule has 0 saturated carbocycles. The third-order valence-corrected chi connectivity index (χ3v) is 8.57. The fourth-order valence-corrected chi connectivity index (χ4v) is 6.71. The molecule has 45 heavy (non-hydrogen) atoms. The molecule has 4 aromatic heterocycles. The van der Waals surface area contributed by atoms with Gasteiger partial charge in [0.15, 0.2) is 0 Å². The number of fused-ring (bicyclic) bond motifs is 4. The van der Waals surface area contributed by atoms with Gasteiger partial charge in [-0.25, -0.2) is 0 Å². The Bertz CT molecular complexity index is 2450. The first kappa shape index (κ1) is 26.6. The zero-order valence-electron chi connectivity index (χ0n) is 24.9. The molecule has 0 spiro atoms. The summed E-state index contributed by atoms with van der Waals surface area (Å²) in [7, 11) is 0. The molecule has 0 aliphatic heterocycles. The Morgan fingerprint density at radius 1 is 0.556 bits per heavy atom. The summed E-state index contributed by atoms with van der Waals surface area (Å²) in [5.41, 5.74) is 9.35. The van der Waals surface area contributed by atoms with Gasteiger partial charge in [-0.1, -0.05) is 91.5 Å². The Balaban J connectivity index is 1.62. The van der Waals surface area contributed by atoms with Gasteiger partial charge in [-0.3, -0.25) is 9.97 Å². The first-order valence-corrected chi connectivity index (χ1v) is 15.2. The highest BCUT2D eigenvalue weighted by atomic mass is 15.1. The lowest BCUT2D eigenvalue weighted by Crippen LogP contribution is -2.28. The van der Waals surface area contributed by atoms with E-state index in [1.165, 1.54) is 16.2 Å². The van der Waals surface area contributed by atoms with Crippen LogP contribution in [0.15, 0.2) is 146 Å². The third kappa shape index (κ3) is 4.22. The second-order valence-corrected chi connectivity index (χ2v) is 11.0. The van der Waals surface area contributed by atoms with Crippen LogP contribution in [-0.2, 0) is 0 Å². The first-order chi connectivity index (χ1) is 22.3. The van der Waals surface area contributed by atoms with Crippen LogP contribution in [0.3, 0.4) is 0 Å². The molecule has 0 amide bonds. The quantitative estimate of drug-likeness (QED) is 0.205. The zero-order valence-corrected chi connectivity index (χ0v) is 24.9. The van der Waals surface area contributed by atoms with Gasteiger partial charge >= 0.3 is 0 Å². The summed E-state index contributed by atoms with van der Waals surface area (Å²) in [6.45, 7) is 6.15. The van der Waals surface area contributed by atoms with Crippen molar-refractivity contribution in [2.75, 3.05) is 0 Å². The lowest BCUT2D eigenvalue weighted by molar-refractivity contribution is 1.03. The molecule has 0 N–H and O–H groups in total. The van der Waals surface area contributed by atoms with Gasteiger partial charge in [-0.15, -0.1) is 0 Å². The molecule has 0 fully saturated rings. The lowest BCUT2D eigenvalue weighted by atomic mass is 9.98. The highest BCUT2D eigenvalue weighted by Crippen LogP contribution is 2.40. The normalized spacial score (nSPS) is 12.5. The van der Waals surface area contributed by atoms with Crippen LogP contribution in [-0.4, -0.2) is 19.1 Å². The number of nitrogens with zero attached hydrogens (tertiary/aromatic N) is 4. The van der Waals surface area contributed by atoms with Crippen LogP contribution in [0, 0.1) is 0 Å². The van der Waals surface area contributed by atoms with Gasteiger partial charge in [0.2, 0.25) is 0 Å². The van der Waals surface area contributed by atoms with Crippen molar-refractivity contribution in [3.05, 3.63) is 157 Å². The van der Waals surface area contributed by atoms with E-state index in [0.717, 1.165) is 61.0 Å². The van der Waals surface area contributed by atoms with Gasteiger partial charge in [-0.05, 0) is 61.5 Å². The number of benzene rings is 4. The molecule has 0 unspecified atom stereocenters. The highest BCUT2D eigenvalue weighted by molar-refractivity contribution is 6.09. The smallest absolute Gasteiger partial charge is 0.0710 e. The van der Waals surface area contributed by atoms with Crippen molar-refractivity contribution in [1.29, 1.82) is 0 Å². The second kappa shape index (κ2) is 10.9. The lowest BCUT2D eigenvalue weighted by Gasteiger charge is -2.20. The van der Waals surface area contributed by atoms with Crippen LogP contribution in [0.5, 0.6) is 0 Å². The Hall–Kier alpha value is -6.00. The largest absolute Gasteiger partial charge is 0.307 e. The molecule has 0 atom stereocenters. The van der Waals surface area contributed by atoms with Crippen molar-refractivity contribution < 1.29 is 0 Å². The summed E-state index contributed by atoms with van der Waals surface area (Å²) in [5.74, 6) is 0. The molecule has 4 aromatic carbocycles. The summed E-state index contributed by atoms with van der Waals surface area (Å²) in [4.78, 5) is 9.66. The average molecular weight is 579 g/mol. The van der Waals surface area contributed by atoms with Crippen LogP contribution in [0.2, 0.25) is 0 Å². The molecule has 0 bridgehead atoms. The van der Waals surface area contributed by atoms with Crippen LogP contribution in [0.25, 0.3) is 78.8 Å². The standard InChI is InChI=1S/C41H30N4/c1-3-15-28-29-16-5-8-21-37(29)44(36(28)4-2)40-26-32(34-19-11-13-24-42-34)33(35-20-12-14-25-43-35)27-41(40)45-38-22-9-6-17-30(38)31-18-7-10-23-39(31)45/h3-27H,1H2,2H3/b28-15-,36-4+. The van der Waals surface area contributed by atoms with Gasteiger partial charge in [0, 0.05) is 50.2 Å². The Kier molecular flexibility index (Phi) is 6.46. The van der Waals surface area contributed by atoms with Gasteiger partial charge in [0.25, 0.3) is 0 Å². The minimum absolute atomic E-state index is 0.893. The zero-order chi connectivity index (χ0) is 30.3. The molecule has 8 aromatic rings. The van der Waals surface area contributed by atoms with Gasteiger partial charge in [0.05, 0.1) is 39.3 Å². The van der Waals surface area contributed by atoms with Gasteiger partial charge < -0.3 is 9.13 Å². The Labute approximate surface area is 261 Å². The molecule has 4 nitrogen and oxygen atoms in total. The Morgan fingerprint density at radius 3 is 1.51 bits per heavy atom. The van der Waals surface area contributed by atoms with Crippen molar-refractivity contribution in [2.24, 2.45) is 0 Å². The van der Waals surface area contributed by atoms with Crippen molar-refractivity contribution in [1.82, 2.24) is 19.1 Å². The number of pyridine rings is 2. The predicted octanol–water partition coefficient (Wildman–Crippen LogP) is 8.62. The summed E-state index contributed by atoms with van der Waals surface area (Å²) in [6, 6.07) is 42.6. The average Bonchev–Trinajstić information content (AvgIpc) is 3.61. The number of para-hydroxylation sites is 3. The van der Waals surface area contributed by atoms with Crippen LogP contribution < -0.4 is 10.6 Å². The van der Waals surface area contributed by atoms with Crippen molar-refractivity contribution in [2.45, 2.75) is 6.92 Å². The molecular weight excluding hydrogens is 548 g/mol. The number of hydrogen-bond donors (Lipinski definition) is 0. The van der Waals surface area contributed by atoms with E-state index in [1.54, 1.807) is 0 Å². The fourth-order valence-electron chi connectivity index (χ4n) is 6.71. The maximum atomic E-state index is 4.83. The number of rotatable bonds is 5. The highest BCUT2D eigenvalue weighted by Gasteiger charge is 2.22. The van der Waals surface area contributed by atoms with Crippen molar-refractivity contribution in [3.8, 4) is 33.9 Å². The van der Waals surface area contributed by atoms with E-state index in [4.69, 9.17) is 9.97 Å². The predicted molar refractivity (Wildman–Crippen MR) is 188 cm³/mol. The summed E-state index contributed by atoms with van der Waals surface area (Å²) in [5, 5.41) is 5.85. The molecule has 0 saturated heterocycles. The topological polar surface area (TPSA) is 35.6 Å². The van der Waals surface area contributed by atoms with E-state index in [1.807, 2.05) is 42.7 Å². The maximum absolute atomic E-state index is 4.83. The minimum Gasteiger partial charge on any atom is -0.307 e. The van der Waals surface area contributed by atoms with E-state index in [0.29, 0.717) is 0 Å². The minimum atomic E-state index is 0.893. The van der Waals surface area contributed by atoms with E-state index in [-0.39, 0.29) is 0 Å². The van der Waals surface area contributed by atoms with E-state index >= 15 is 0 Å². The second-order valence-electron chi connectivity index (χ2n) is 11.0. The first-order valence-electron chi connectivity index (χ1n) is 15.2. The molecular formula is C41H30N4. The third-order valence-electron chi connectivity index (χ3n) is 8.57. The van der Waals surface area contributed by atoms with Crippen LogP contribution >= 0.6 is 0 Å². The molecule has 0 radical (unpaired) electrons. The molecule has 0 aliphatic rings. The molecule has 0 aliphatic carbocycles. The van der Waals surface area contributed by atoms with Crippen LogP contribution in [0.4, 0.5) is 0 Å². The molecule has 214 valence electrons. The number of aromatic nitrogens is 4. The van der Waals surface area contributed by atoms with Gasteiger partial charge in [0.1, 0.15) is 0 Å². The van der Waals surface area contributed by atoms with E-state index in [9.17, 15) is 0 Å². The fraction of sp³-hybridized carbons (Fsp3) is 0.0244. The summed E-state index contributed by atoms with van der Waals surface area (Å²) in [6.07, 6.45) is 9.88. The van der Waals surface area contributed by atoms with Crippen molar-refractivity contribution in [3.63, 3.8) is 0 Å². The summed E-state index contributed by atoms with van der Waals surface area (Å²) < 4.78 is 4.79. The van der Waals surface area contributed by atoms with Gasteiger partial charge in [-0.2, -0.15) is 0 Å².